The first-order chi connectivity index (χ1) is 14.1. The molecule has 1 aromatic heterocycles. The van der Waals surface area contributed by atoms with Gasteiger partial charge in [-0.15, -0.1) is 0 Å². The van der Waals surface area contributed by atoms with Crippen molar-refractivity contribution in [1.29, 1.82) is 0 Å². The first-order valence-electron chi connectivity index (χ1n) is 9.77. The van der Waals surface area contributed by atoms with Crippen molar-refractivity contribution in [2.24, 2.45) is 0 Å². The molecule has 29 heavy (non-hydrogen) atoms. The summed E-state index contributed by atoms with van der Waals surface area (Å²) in [4.78, 5) is 22.1. The Morgan fingerprint density at radius 3 is 2.41 bits per heavy atom. The van der Waals surface area contributed by atoms with Crippen LogP contribution in [0.1, 0.15) is 25.1 Å². The molecule has 0 aliphatic rings. The lowest BCUT2D eigenvalue weighted by Crippen LogP contribution is -2.23. The van der Waals surface area contributed by atoms with E-state index in [4.69, 9.17) is 0 Å². The number of nitro groups is 1. The first-order valence-corrected chi connectivity index (χ1v) is 9.77. The van der Waals surface area contributed by atoms with Crippen LogP contribution in [0.4, 0.5) is 23.1 Å². The summed E-state index contributed by atoms with van der Waals surface area (Å²) in [6, 6.07) is 18.7. The molecule has 0 atom stereocenters. The van der Waals surface area contributed by atoms with Gasteiger partial charge in [-0.3, -0.25) is 10.1 Å². The van der Waals surface area contributed by atoms with Gasteiger partial charge in [0.1, 0.15) is 5.82 Å². The molecule has 2 aromatic carbocycles. The molecule has 0 aliphatic heterocycles. The van der Waals surface area contributed by atoms with Gasteiger partial charge >= 0.3 is 0 Å². The van der Waals surface area contributed by atoms with E-state index < -0.39 is 4.92 Å². The largest absolute Gasteiger partial charge is 0.357 e. The molecule has 7 nitrogen and oxygen atoms in total. The number of aromatic nitrogens is 2. The van der Waals surface area contributed by atoms with Crippen LogP contribution in [0, 0.1) is 10.1 Å². The summed E-state index contributed by atoms with van der Waals surface area (Å²) in [5.41, 5.74) is 2.80. The molecule has 0 saturated heterocycles. The van der Waals surface area contributed by atoms with Crippen molar-refractivity contribution in [3.8, 4) is 0 Å². The van der Waals surface area contributed by atoms with Gasteiger partial charge in [0, 0.05) is 42.7 Å². The van der Waals surface area contributed by atoms with E-state index >= 15 is 0 Å². The number of hydrogen-bond acceptors (Lipinski definition) is 6. The maximum absolute atomic E-state index is 11.0. The van der Waals surface area contributed by atoms with Gasteiger partial charge < -0.3 is 10.2 Å². The summed E-state index contributed by atoms with van der Waals surface area (Å²) < 4.78 is 0. The summed E-state index contributed by atoms with van der Waals surface area (Å²) in [7, 11) is 0. The highest BCUT2D eigenvalue weighted by molar-refractivity contribution is 5.59. The molecule has 3 aromatic rings. The van der Waals surface area contributed by atoms with Crippen molar-refractivity contribution in [3.63, 3.8) is 0 Å². The third kappa shape index (κ3) is 5.51. The summed E-state index contributed by atoms with van der Waals surface area (Å²) in [6.07, 6.45) is 1.66. The number of nitrogens with one attached hydrogen (secondary N) is 1. The van der Waals surface area contributed by atoms with Gasteiger partial charge in [0.2, 0.25) is 5.95 Å². The zero-order chi connectivity index (χ0) is 20.6. The zero-order valence-electron chi connectivity index (χ0n) is 16.7. The van der Waals surface area contributed by atoms with E-state index in [2.05, 4.69) is 46.2 Å². The van der Waals surface area contributed by atoms with Gasteiger partial charge in [-0.1, -0.05) is 36.4 Å². The van der Waals surface area contributed by atoms with Crippen LogP contribution in [0.25, 0.3) is 0 Å². The van der Waals surface area contributed by atoms with Crippen LogP contribution in [0.5, 0.6) is 0 Å². The molecule has 0 aliphatic carbocycles. The SMILES string of the molecule is CCN(CC)c1cc(CCc2ccccc2)nc(Nc2cccc([N+](=O)[O-])c2)n1. The van der Waals surface area contributed by atoms with Crippen LogP contribution in [0.2, 0.25) is 0 Å². The summed E-state index contributed by atoms with van der Waals surface area (Å²) in [5.74, 6) is 1.29. The second-order valence-electron chi connectivity index (χ2n) is 6.63. The van der Waals surface area contributed by atoms with Crippen LogP contribution < -0.4 is 10.2 Å². The minimum atomic E-state index is -0.413. The van der Waals surface area contributed by atoms with Crippen LogP contribution >= 0.6 is 0 Å². The molecule has 0 saturated carbocycles. The Kier molecular flexibility index (Phi) is 6.73. The van der Waals surface area contributed by atoms with Gasteiger partial charge in [-0.05, 0) is 38.3 Å². The Morgan fingerprint density at radius 1 is 0.966 bits per heavy atom. The number of aryl methyl sites for hydroxylation is 2. The predicted octanol–water partition coefficient (Wildman–Crippen LogP) is 4.76. The van der Waals surface area contributed by atoms with Crippen molar-refractivity contribution < 1.29 is 4.92 Å². The van der Waals surface area contributed by atoms with Crippen molar-refractivity contribution in [2.45, 2.75) is 26.7 Å². The molecule has 0 unspecified atom stereocenters. The number of hydrogen-bond donors (Lipinski definition) is 1. The van der Waals surface area contributed by atoms with Crippen molar-refractivity contribution in [1.82, 2.24) is 9.97 Å². The average molecular weight is 391 g/mol. The highest BCUT2D eigenvalue weighted by Crippen LogP contribution is 2.22. The highest BCUT2D eigenvalue weighted by Gasteiger charge is 2.12. The second-order valence-corrected chi connectivity index (χ2v) is 6.63. The topological polar surface area (TPSA) is 84.2 Å². The molecular formula is C22H25N5O2. The maximum atomic E-state index is 11.0. The lowest BCUT2D eigenvalue weighted by molar-refractivity contribution is -0.384. The van der Waals surface area contributed by atoms with E-state index in [9.17, 15) is 10.1 Å². The smallest absolute Gasteiger partial charge is 0.271 e. The lowest BCUT2D eigenvalue weighted by atomic mass is 10.1. The Balaban J connectivity index is 1.87. The van der Waals surface area contributed by atoms with Gasteiger partial charge in [0.15, 0.2) is 0 Å². The van der Waals surface area contributed by atoms with Gasteiger partial charge in [0.05, 0.1) is 4.92 Å². The fourth-order valence-corrected chi connectivity index (χ4v) is 3.12. The van der Waals surface area contributed by atoms with Crippen LogP contribution in [-0.4, -0.2) is 28.0 Å². The standard InChI is InChI=1S/C22H25N5O2/c1-3-26(4-2)21-16-19(14-13-17-9-6-5-7-10-17)24-22(25-21)23-18-11-8-12-20(15-18)27(28)29/h5-12,15-16H,3-4,13-14H2,1-2H3,(H,23,24,25). The Morgan fingerprint density at radius 2 is 1.72 bits per heavy atom. The summed E-state index contributed by atoms with van der Waals surface area (Å²) in [5, 5.41) is 14.2. The van der Waals surface area contributed by atoms with Crippen molar-refractivity contribution in [2.75, 3.05) is 23.3 Å². The number of nitro benzene ring substituents is 1. The molecule has 7 heteroatoms. The Bertz CT molecular complexity index is 958. The Hall–Kier alpha value is -3.48. The molecule has 3 rings (SSSR count). The zero-order valence-corrected chi connectivity index (χ0v) is 16.7. The van der Waals surface area contributed by atoms with Gasteiger partial charge in [-0.2, -0.15) is 4.98 Å². The third-order valence-electron chi connectivity index (χ3n) is 4.68. The molecule has 0 bridgehead atoms. The fourth-order valence-electron chi connectivity index (χ4n) is 3.12. The minimum absolute atomic E-state index is 0.0270. The molecular weight excluding hydrogens is 366 g/mol. The van der Waals surface area contributed by atoms with E-state index in [0.717, 1.165) is 37.4 Å². The van der Waals surface area contributed by atoms with Crippen molar-refractivity contribution >= 4 is 23.1 Å². The fraction of sp³-hybridized carbons (Fsp3) is 0.273. The van der Waals surface area contributed by atoms with Gasteiger partial charge in [-0.25, -0.2) is 4.98 Å². The van der Waals surface area contributed by atoms with Gasteiger partial charge in [0.25, 0.3) is 5.69 Å². The first kappa shape index (κ1) is 20.3. The molecule has 150 valence electrons. The number of nitrogens with zero attached hydrogens (tertiary/aromatic N) is 4. The lowest BCUT2D eigenvalue weighted by Gasteiger charge is -2.21. The van der Waals surface area contributed by atoms with E-state index in [0.29, 0.717) is 11.6 Å². The monoisotopic (exact) mass is 391 g/mol. The van der Waals surface area contributed by atoms with E-state index in [-0.39, 0.29) is 5.69 Å². The number of anilines is 3. The quantitative estimate of drug-likeness (QED) is 0.418. The molecule has 1 N–H and O–H groups in total. The predicted molar refractivity (Wildman–Crippen MR) is 116 cm³/mol. The highest BCUT2D eigenvalue weighted by atomic mass is 16.6. The van der Waals surface area contributed by atoms with Crippen molar-refractivity contribution in [3.05, 3.63) is 82.0 Å². The van der Waals surface area contributed by atoms with E-state index in [1.807, 2.05) is 24.3 Å². The summed E-state index contributed by atoms with van der Waals surface area (Å²) in [6.45, 7) is 5.84. The van der Waals surface area contributed by atoms with Crippen LogP contribution in [-0.2, 0) is 12.8 Å². The van der Waals surface area contributed by atoms with E-state index in [1.165, 1.54) is 17.7 Å². The normalized spacial score (nSPS) is 10.6. The number of benzene rings is 2. The number of rotatable bonds is 9. The van der Waals surface area contributed by atoms with E-state index in [1.54, 1.807) is 12.1 Å². The second kappa shape index (κ2) is 9.64. The summed E-state index contributed by atoms with van der Waals surface area (Å²) >= 11 is 0. The third-order valence-corrected chi connectivity index (χ3v) is 4.68. The minimum Gasteiger partial charge on any atom is -0.357 e. The molecule has 0 radical (unpaired) electrons. The average Bonchev–Trinajstić information content (AvgIpc) is 2.74. The molecule has 0 fully saturated rings. The van der Waals surface area contributed by atoms with Crippen LogP contribution in [0.15, 0.2) is 60.7 Å². The molecule has 0 amide bonds. The number of non-ortho nitro benzene ring substituents is 1. The van der Waals surface area contributed by atoms with Crippen LogP contribution in [0.3, 0.4) is 0 Å². The Labute approximate surface area is 170 Å². The maximum Gasteiger partial charge on any atom is 0.271 e. The molecule has 1 heterocycles. The molecule has 0 spiro atoms.